The van der Waals surface area contributed by atoms with E-state index in [-0.39, 0.29) is 12.3 Å². The van der Waals surface area contributed by atoms with Crippen molar-refractivity contribution in [3.63, 3.8) is 0 Å². The molecule has 0 aliphatic rings. The van der Waals surface area contributed by atoms with Gasteiger partial charge in [-0.15, -0.1) is 0 Å². The van der Waals surface area contributed by atoms with Crippen LogP contribution in [0, 0.1) is 32.8 Å². The summed E-state index contributed by atoms with van der Waals surface area (Å²) in [5.41, 5.74) is 3.11. The Morgan fingerprint density at radius 3 is 2.47 bits per heavy atom. The molecule has 0 atom stereocenters. The number of benzene rings is 3. The fourth-order valence-corrected chi connectivity index (χ4v) is 2.98. The van der Waals surface area contributed by atoms with Gasteiger partial charge in [0, 0.05) is 12.1 Å². The molecule has 7 heteroatoms. The first-order valence-corrected chi connectivity index (χ1v) is 9.79. The third kappa shape index (κ3) is 5.50. The van der Waals surface area contributed by atoms with Gasteiger partial charge in [-0.1, -0.05) is 18.2 Å². The SMILES string of the molecule is CCOc1cc(/C=C(/C#N)c2cccc(C#N)c2)ccc1OCc1ccc([N+](=O)[O-])cc1. The quantitative estimate of drug-likeness (QED) is 0.204. The molecule has 0 fully saturated rings. The van der Waals surface area contributed by atoms with Crippen molar-refractivity contribution in [1.29, 1.82) is 10.5 Å². The molecule has 0 aliphatic carbocycles. The molecule has 0 saturated heterocycles. The number of nitrogens with zero attached hydrogens (tertiary/aromatic N) is 3. The van der Waals surface area contributed by atoms with E-state index in [4.69, 9.17) is 14.7 Å². The van der Waals surface area contributed by atoms with E-state index < -0.39 is 4.92 Å². The van der Waals surface area contributed by atoms with Gasteiger partial charge in [-0.25, -0.2) is 0 Å². The van der Waals surface area contributed by atoms with Crippen molar-refractivity contribution in [2.45, 2.75) is 13.5 Å². The summed E-state index contributed by atoms with van der Waals surface area (Å²) in [6.07, 6.45) is 1.72. The summed E-state index contributed by atoms with van der Waals surface area (Å²) in [6.45, 7) is 2.50. The molecule has 0 saturated carbocycles. The molecule has 0 aromatic heterocycles. The van der Waals surface area contributed by atoms with E-state index in [1.165, 1.54) is 12.1 Å². The molecule has 0 spiro atoms. The maximum atomic E-state index is 10.8. The standard InChI is InChI=1S/C25H19N3O4/c1-2-31-25-14-19(12-22(16-27)21-5-3-4-20(13-21)15-26)8-11-24(25)32-17-18-6-9-23(10-7-18)28(29)30/h3-14H,2,17H2,1H3/b22-12-. The van der Waals surface area contributed by atoms with E-state index in [0.29, 0.717) is 34.8 Å². The minimum Gasteiger partial charge on any atom is -0.490 e. The lowest BCUT2D eigenvalue weighted by Gasteiger charge is -2.13. The summed E-state index contributed by atoms with van der Waals surface area (Å²) in [7, 11) is 0. The predicted octanol–water partition coefficient (Wildman–Crippen LogP) is 5.51. The average molecular weight is 425 g/mol. The summed E-state index contributed by atoms with van der Waals surface area (Å²) >= 11 is 0. The molecule has 3 aromatic carbocycles. The van der Waals surface area contributed by atoms with Crippen molar-refractivity contribution in [1.82, 2.24) is 0 Å². The Balaban J connectivity index is 1.83. The van der Waals surface area contributed by atoms with Gasteiger partial charge in [0.2, 0.25) is 0 Å². The number of non-ortho nitro benzene ring substituents is 1. The van der Waals surface area contributed by atoms with Gasteiger partial charge in [-0.2, -0.15) is 10.5 Å². The van der Waals surface area contributed by atoms with Gasteiger partial charge in [-0.3, -0.25) is 10.1 Å². The fourth-order valence-electron chi connectivity index (χ4n) is 2.98. The Morgan fingerprint density at radius 2 is 1.81 bits per heavy atom. The molecule has 32 heavy (non-hydrogen) atoms. The van der Waals surface area contributed by atoms with Crippen LogP contribution in [0.2, 0.25) is 0 Å². The number of ether oxygens (including phenoxy) is 2. The van der Waals surface area contributed by atoms with E-state index in [1.54, 1.807) is 60.7 Å². The number of nitriles is 2. The molecule has 0 unspecified atom stereocenters. The van der Waals surface area contributed by atoms with Gasteiger partial charge in [0.25, 0.3) is 5.69 Å². The van der Waals surface area contributed by atoms with Crippen molar-refractivity contribution in [2.75, 3.05) is 6.61 Å². The van der Waals surface area contributed by atoms with Gasteiger partial charge < -0.3 is 9.47 Å². The molecule has 0 heterocycles. The second-order valence-electron chi connectivity index (χ2n) is 6.71. The molecule has 0 N–H and O–H groups in total. The first kappa shape index (κ1) is 22.1. The first-order chi connectivity index (χ1) is 15.5. The lowest BCUT2D eigenvalue weighted by Crippen LogP contribution is -2.00. The Morgan fingerprint density at radius 1 is 1.03 bits per heavy atom. The molecular formula is C25H19N3O4. The van der Waals surface area contributed by atoms with E-state index in [2.05, 4.69) is 12.1 Å². The van der Waals surface area contributed by atoms with E-state index >= 15 is 0 Å². The van der Waals surface area contributed by atoms with Crippen LogP contribution in [0.25, 0.3) is 11.6 Å². The topological polar surface area (TPSA) is 109 Å². The number of hydrogen-bond donors (Lipinski definition) is 0. The largest absolute Gasteiger partial charge is 0.490 e. The number of allylic oxidation sites excluding steroid dienone is 1. The highest BCUT2D eigenvalue weighted by Gasteiger charge is 2.09. The van der Waals surface area contributed by atoms with E-state index in [0.717, 1.165) is 11.1 Å². The summed E-state index contributed by atoms with van der Waals surface area (Å²) in [6, 6.07) is 22.6. The minimum atomic E-state index is -0.448. The maximum Gasteiger partial charge on any atom is 0.269 e. The number of nitro benzene ring substituents is 1. The zero-order valence-corrected chi connectivity index (χ0v) is 17.3. The van der Waals surface area contributed by atoms with Crippen LogP contribution in [-0.4, -0.2) is 11.5 Å². The minimum absolute atomic E-state index is 0.0218. The predicted molar refractivity (Wildman–Crippen MR) is 120 cm³/mol. The van der Waals surface area contributed by atoms with Gasteiger partial charge in [0.05, 0.1) is 34.8 Å². The molecule has 3 aromatic rings. The zero-order chi connectivity index (χ0) is 22.9. The Kier molecular flexibility index (Phi) is 7.19. The highest BCUT2D eigenvalue weighted by atomic mass is 16.6. The third-order valence-corrected chi connectivity index (χ3v) is 4.54. The van der Waals surface area contributed by atoms with Crippen molar-refractivity contribution in [3.8, 4) is 23.6 Å². The highest BCUT2D eigenvalue weighted by molar-refractivity contribution is 5.90. The van der Waals surface area contributed by atoms with Crippen LogP contribution in [0.5, 0.6) is 11.5 Å². The Labute approximate surface area is 185 Å². The van der Waals surface area contributed by atoms with Crippen molar-refractivity contribution in [3.05, 3.63) is 99.1 Å². The van der Waals surface area contributed by atoms with Crippen LogP contribution in [0.1, 0.15) is 29.2 Å². The summed E-state index contributed by atoms with van der Waals surface area (Å²) < 4.78 is 11.6. The summed E-state index contributed by atoms with van der Waals surface area (Å²) in [5, 5.41) is 29.5. The van der Waals surface area contributed by atoms with Crippen LogP contribution in [-0.2, 0) is 6.61 Å². The van der Waals surface area contributed by atoms with Gasteiger partial charge in [0.15, 0.2) is 11.5 Å². The summed E-state index contributed by atoms with van der Waals surface area (Å²) in [5.74, 6) is 1.04. The molecule has 0 amide bonds. The molecule has 3 rings (SSSR count). The molecular weight excluding hydrogens is 406 g/mol. The highest BCUT2D eigenvalue weighted by Crippen LogP contribution is 2.31. The smallest absolute Gasteiger partial charge is 0.269 e. The molecule has 0 bridgehead atoms. The van der Waals surface area contributed by atoms with Crippen LogP contribution in [0.15, 0.2) is 66.7 Å². The lowest BCUT2D eigenvalue weighted by atomic mass is 10.0. The van der Waals surface area contributed by atoms with Gasteiger partial charge in [-0.05, 0) is 66.1 Å². The number of hydrogen-bond acceptors (Lipinski definition) is 6. The number of rotatable bonds is 8. The van der Waals surface area contributed by atoms with Crippen LogP contribution in [0.4, 0.5) is 5.69 Å². The lowest BCUT2D eigenvalue weighted by molar-refractivity contribution is -0.384. The van der Waals surface area contributed by atoms with Crippen LogP contribution >= 0.6 is 0 Å². The van der Waals surface area contributed by atoms with Gasteiger partial charge in [0.1, 0.15) is 6.61 Å². The van der Waals surface area contributed by atoms with E-state index in [1.807, 2.05) is 6.92 Å². The van der Waals surface area contributed by atoms with Crippen LogP contribution < -0.4 is 9.47 Å². The summed E-state index contributed by atoms with van der Waals surface area (Å²) in [4.78, 5) is 10.3. The van der Waals surface area contributed by atoms with Crippen molar-refractivity contribution >= 4 is 17.3 Å². The number of nitro groups is 1. The average Bonchev–Trinajstić information content (AvgIpc) is 2.82. The molecule has 0 radical (unpaired) electrons. The normalized spacial score (nSPS) is 10.7. The second kappa shape index (κ2) is 10.4. The van der Waals surface area contributed by atoms with Crippen molar-refractivity contribution < 1.29 is 14.4 Å². The zero-order valence-electron chi connectivity index (χ0n) is 17.3. The first-order valence-electron chi connectivity index (χ1n) is 9.79. The third-order valence-electron chi connectivity index (χ3n) is 4.54. The van der Waals surface area contributed by atoms with E-state index in [9.17, 15) is 15.4 Å². The Hall–Kier alpha value is -4.62. The maximum absolute atomic E-state index is 10.8. The van der Waals surface area contributed by atoms with Gasteiger partial charge >= 0.3 is 0 Å². The second-order valence-corrected chi connectivity index (χ2v) is 6.71. The van der Waals surface area contributed by atoms with Crippen molar-refractivity contribution in [2.24, 2.45) is 0 Å². The molecule has 158 valence electrons. The molecule has 7 nitrogen and oxygen atoms in total. The van der Waals surface area contributed by atoms with Crippen LogP contribution in [0.3, 0.4) is 0 Å². The monoisotopic (exact) mass is 425 g/mol. The molecule has 0 aliphatic heterocycles. The Bertz CT molecular complexity index is 1240. The fraction of sp³-hybridized carbons (Fsp3) is 0.120.